The molecule has 0 aliphatic heterocycles. The lowest BCUT2D eigenvalue weighted by Gasteiger charge is -2.20. The summed E-state index contributed by atoms with van der Waals surface area (Å²) in [4.78, 5) is 0. The summed E-state index contributed by atoms with van der Waals surface area (Å²) in [6.07, 6.45) is 2.23. The van der Waals surface area contributed by atoms with Gasteiger partial charge in [0.2, 0.25) is 0 Å². The number of halogens is 1. The van der Waals surface area contributed by atoms with Gasteiger partial charge in [-0.15, -0.1) is 0 Å². The number of hydrogen-bond acceptors (Lipinski definition) is 1. The van der Waals surface area contributed by atoms with Crippen molar-refractivity contribution >= 4 is 0 Å². The molecule has 0 radical (unpaired) electrons. The molecular weight excluding hydrogens is 261 g/mol. The van der Waals surface area contributed by atoms with Crippen LogP contribution < -0.4 is 5.32 Å². The zero-order chi connectivity index (χ0) is 15.2. The second kappa shape index (κ2) is 7.37. The van der Waals surface area contributed by atoms with Crippen molar-refractivity contribution in [2.24, 2.45) is 0 Å². The summed E-state index contributed by atoms with van der Waals surface area (Å²) in [5, 5.41) is 3.39. The van der Waals surface area contributed by atoms with Gasteiger partial charge in [-0.05, 0) is 42.6 Å². The average molecular weight is 285 g/mol. The summed E-state index contributed by atoms with van der Waals surface area (Å²) in [6.45, 7) is 6.94. The highest BCUT2D eigenvalue weighted by atomic mass is 19.1. The average Bonchev–Trinajstić information content (AvgIpc) is 2.47. The van der Waals surface area contributed by atoms with E-state index in [9.17, 15) is 4.39 Å². The Balaban J connectivity index is 2.33. The third-order valence-electron chi connectivity index (χ3n) is 3.73. The number of hydrogen-bond donors (Lipinski definition) is 1. The monoisotopic (exact) mass is 285 g/mol. The van der Waals surface area contributed by atoms with Gasteiger partial charge in [0.25, 0.3) is 0 Å². The maximum Gasteiger partial charge on any atom is 0.128 e. The third kappa shape index (κ3) is 3.92. The Morgan fingerprint density at radius 2 is 1.76 bits per heavy atom. The van der Waals surface area contributed by atoms with Gasteiger partial charge >= 0.3 is 0 Å². The molecule has 2 rings (SSSR count). The van der Waals surface area contributed by atoms with Gasteiger partial charge in [-0.2, -0.15) is 0 Å². The molecule has 0 saturated carbocycles. The summed E-state index contributed by atoms with van der Waals surface area (Å²) in [7, 11) is 0. The van der Waals surface area contributed by atoms with Gasteiger partial charge in [0.1, 0.15) is 5.82 Å². The molecule has 1 unspecified atom stereocenters. The smallest absolute Gasteiger partial charge is 0.128 e. The molecule has 112 valence electrons. The largest absolute Gasteiger partial charge is 0.306 e. The molecule has 0 saturated heterocycles. The van der Waals surface area contributed by atoms with Crippen LogP contribution in [0.5, 0.6) is 0 Å². The van der Waals surface area contributed by atoms with Gasteiger partial charge in [0, 0.05) is 5.56 Å². The topological polar surface area (TPSA) is 12.0 Å². The SMILES string of the molecule is CCCc1ccc(C(NCC)c2ccc(C)cc2F)cc1. The van der Waals surface area contributed by atoms with Crippen molar-refractivity contribution in [1.29, 1.82) is 0 Å². The maximum atomic E-state index is 14.3. The number of nitrogens with one attached hydrogen (secondary N) is 1. The molecule has 2 aromatic rings. The molecule has 2 aromatic carbocycles. The van der Waals surface area contributed by atoms with Crippen LogP contribution in [0.3, 0.4) is 0 Å². The van der Waals surface area contributed by atoms with Crippen LogP contribution in [0, 0.1) is 12.7 Å². The Morgan fingerprint density at radius 1 is 1.05 bits per heavy atom. The van der Waals surface area contributed by atoms with Gasteiger partial charge in [0.15, 0.2) is 0 Å². The standard InChI is InChI=1S/C19H24FN/c1-4-6-15-8-10-16(11-9-15)19(21-5-2)17-12-7-14(3)13-18(17)20/h7-13,19,21H,4-6H2,1-3H3. The van der Waals surface area contributed by atoms with Gasteiger partial charge in [-0.3, -0.25) is 0 Å². The molecule has 0 aliphatic carbocycles. The highest BCUT2D eigenvalue weighted by Crippen LogP contribution is 2.25. The van der Waals surface area contributed by atoms with E-state index in [1.165, 1.54) is 5.56 Å². The first-order valence-corrected chi connectivity index (χ1v) is 7.74. The van der Waals surface area contributed by atoms with Gasteiger partial charge in [0.05, 0.1) is 6.04 Å². The fourth-order valence-electron chi connectivity index (χ4n) is 2.64. The molecule has 2 heteroatoms. The first-order chi connectivity index (χ1) is 10.2. The zero-order valence-corrected chi connectivity index (χ0v) is 13.1. The first-order valence-electron chi connectivity index (χ1n) is 7.74. The fourth-order valence-corrected chi connectivity index (χ4v) is 2.64. The summed E-state index contributed by atoms with van der Waals surface area (Å²) in [5.74, 6) is -0.140. The minimum absolute atomic E-state index is 0.0914. The Labute approximate surface area is 127 Å². The Bertz CT molecular complexity index is 575. The first kappa shape index (κ1) is 15.7. The van der Waals surface area contributed by atoms with E-state index in [0.717, 1.165) is 30.5 Å². The van der Waals surface area contributed by atoms with Crippen LogP contribution in [0.4, 0.5) is 4.39 Å². The van der Waals surface area contributed by atoms with Crippen LogP contribution in [0.25, 0.3) is 0 Å². The van der Waals surface area contributed by atoms with Crippen LogP contribution in [0.15, 0.2) is 42.5 Å². The highest BCUT2D eigenvalue weighted by molar-refractivity contribution is 5.35. The highest BCUT2D eigenvalue weighted by Gasteiger charge is 2.16. The van der Waals surface area contributed by atoms with Crippen molar-refractivity contribution in [3.05, 3.63) is 70.5 Å². The van der Waals surface area contributed by atoms with Gasteiger partial charge in [-0.1, -0.05) is 56.7 Å². The van der Waals surface area contributed by atoms with Crippen molar-refractivity contribution in [3.8, 4) is 0 Å². The van der Waals surface area contributed by atoms with Gasteiger partial charge in [-0.25, -0.2) is 4.39 Å². The fraction of sp³-hybridized carbons (Fsp3) is 0.368. The molecule has 21 heavy (non-hydrogen) atoms. The zero-order valence-electron chi connectivity index (χ0n) is 13.1. The van der Waals surface area contributed by atoms with Crippen molar-refractivity contribution in [2.45, 2.75) is 39.7 Å². The second-order valence-electron chi connectivity index (χ2n) is 5.51. The molecule has 1 N–H and O–H groups in total. The predicted molar refractivity (Wildman–Crippen MR) is 87.1 cm³/mol. The van der Waals surface area contributed by atoms with Crippen LogP contribution in [-0.4, -0.2) is 6.54 Å². The van der Waals surface area contributed by atoms with Crippen LogP contribution in [-0.2, 0) is 6.42 Å². The lowest BCUT2D eigenvalue weighted by Crippen LogP contribution is -2.23. The molecule has 0 amide bonds. The molecule has 0 aromatic heterocycles. The van der Waals surface area contributed by atoms with Crippen LogP contribution in [0.2, 0.25) is 0 Å². The molecule has 0 aliphatic rings. The molecule has 0 fully saturated rings. The van der Waals surface area contributed by atoms with E-state index >= 15 is 0 Å². The van der Waals surface area contributed by atoms with Crippen LogP contribution in [0.1, 0.15) is 48.6 Å². The minimum atomic E-state index is -0.140. The summed E-state index contributed by atoms with van der Waals surface area (Å²) >= 11 is 0. The van der Waals surface area contributed by atoms with Crippen molar-refractivity contribution < 1.29 is 4.39 Å². The minimum Gasteiger partial charge on any atom is -0.306 e. The Morgan fingerprint density at radius 3 is 2.33 bits per heavy atom. The number of rotatable bonds is 6. The predicted octanol–water partition coefficient (Wildman–Crippen LogP) is 4.79. The Hall–Kier alpha value is -1.67. The van der Waals surface area contributed by atoms with Crippen molar-refractivity contribution in [3.63, 3.8) is 0 Å². The third-order valence-corrected chi connectivity index (χ3v) is 3.73. The number of benzene rings is 2. The lowest BCUT2D eigenvalue weighted by molar-refractivity contribution is 0.558. The van der Waals surface area contributed by atoms with E-state index < -0.39 is 0 Å². The maximum absolute atomic E-state index is 14.3. The van der Waals surface area contributed by atoms with Crippen LogP contribution >= 0.6 is 0 Å². The summed E-state index contributed by atoms with van der Waals surface area (Å²) < 4.78 is 14.3. The molecular formula is C19H24FN. The lowest BCUT2D eigenvalue weighted by atomic mass is 9.95. The van der Waals surface area contributed by atoms with E-state index in [4.69, 9.17) is 0 Å². The molecule has 0 heterocycles. The quantitative estimate of drug-likeness (QED) is 0.805. The molecule has 0 spiro atoms. The van der Waals surface area contributed by atoms with Crippen molar-refractivity contribution in [1.82, 2.24) is 5.32 Å². The van der Waals surface area contributed by atoms with E-state index in [2.05, 4.69) is 36.5 Å². The van der Waals surface area contributed by atoms with E-state index in [-0.39, 0.29) is 11.9 Å². The number of aryl methyl sites for hydroxylation is 2. The van der Waals surface area contributed by atoms with Gasteiger partial charge < -0.3 is 5.32 Å². The Kier molecular flexibility index (Phi) is 5.51. The van der Waals surface area contributed by atoms with Crippen molar-refractivity contribution in [2.75, 3.05) is 6.54 Å². The summed E-state index contributed by atoms with van der Waals surface area (Å²) in [6, 6.07) is 13.9. The van der Waals surface area contributed by atoms with E-state index in [0.29, 0.717) is 5.56 Å². The second-order valence-corrected chi connectivity index (χ2v) is 5.51. The molecule has 0 bridgehead atoms. The van der Waals surface area contributed by atoms with E-state index in [1.54, 1.807) is 6.07 Å². The normalized spacial score (nSPS) is 12.4. The molecule has 1 nitrogen and oxygen atoms in total. The van der Waals surface area contributed by atoms with E-state index in [1.807, 2.05) is 26.0 Å². The molecule has 1 atom stereocenters. The summed E-state index contributed by atoms with van der Waals surface area (Å²) in [5.41, 5.74) is 4.11.